The van der Waals surface area contributed by atoms with Crippen molar-refractivity contribution in [3.05, 3.63) is 25.3 Å². The highest BCUT2D eigenvalue weighted by Gasteiger charge is 2.19. The van der Waals surface area contributed by atoms with E-state index in [0.29, 0.717) is 12.0 Å². The number of nitrogens with zero attached hydrogens (tertiary/aromatic N) is 2. The van der Waals surface area contributed by atoms with Gasteiger partial charge in [-0.25, -0.2) is 0 Å². The third-order valence-corrected chi connectivity index (χ3v) is 3.56. The summed E-state index contributed by atoms with van der Waals surface area (Å²) in [6.07, 6.45) is 4.85. The van der Waals surface area contributed by atoms with Crippen LogP contribution in [-0.2, 0) is 4.74 Å². The number of nitrogens with one attached hydrogen (secondary N) is 2. The van der Waals surface area contributed by atoms with Crippen LogP contribution in [-0.4, -0.2) is 63.3 Å². The Balaban J connectivity index is 0. The zero-order valence-electron chi connectivity index (χ0n) is 15.9. The number of hydrogen-bond donors (Lipinski definition) is 2. The summed E-state index contributed by atoms with van der Waals surface area (Å²) in [5, 5.41) is 6.65. The molecule has 1 unspecified atom stereocenters. The van der Waals surface area contributed by atoms with Crippen molar-refractivity contribution in [1.82, 2.24) is 15.5 Å². The normalized spacial score (nSPS) is 12.7. The van der Waals surface area contributed by atoms with Crippen molar-refractivity contribution in [1.29, 1.82) is 0 Å². The van der Waals surface area contributed by atoms with Gasteiger partial charge < -0.3 is 15.4 Å². The molecular weight excluding hydrogens is 415 g/mol. The third kappa shape index (κ3) is 11.9. The van der Waals surface area contributed by atoms with Gasteiger partial charge in [-0.15, -0.1) is 37.1 Å². The molecule has 1 atom stereocenters. The van der Waals surface area contributed by atoms with E-state index in [-0.39, 0.29) is 24.0 Å². The zero-order valence-corrected chi connectivity index (χ0v) is 18.2. The maximum Gasteiger partial charge on any atom is 0.191 e. The molecule has 6 heteroatoms. The lowest BCUT2D eigenvalue weighted by Gasteiger charge is -2.32. The van der Waals surface area contributed by atoms with E-state index in [2.05, 4.69) is 49.5 Å². The summed E-state index contributed by atoms with van der Waals surface area (Å²) < 4.78 is 5.07. The molecule has 0 amide bonds. The standard InChI is InChI=1S/C18H36N4O.HI/c1-7-12-22(13-8-2)17(16(4)5)15-21-18(19-9-3)20-11-10-14-23-6;/h7-8,16-17H,1-2,9-15H2,3-6H3,(H2,19,20,21);1H. The second-order valence-corrected chi connectivity index (χ2v) is 5.84. The van der Waals surface area contributed by atoms with Gasteiger partial charge in [0.05, 0.1) is 6.54 Å². The number of ether oxygens (including phenoxy) is 1. The van der Waals surface area contributed by atoms with Gasteiger partial charge in [0.25, 0.3) is 0 Å². The van der Waals surface area contributed by atoms with Gasteiger partial charge in [-0.05, 0) is 19.3 Å². The van der Waals surface area contributed by atoms with E-state index in [0.717, 1.165) is 51.7 Å². The lowest BCUT2D eigenvalue weighted by molar-refractivity contribution is 0.194. The minimum Gasteiger partial charge on any atom is -0.385 e. The monoisotopic (exact) mass is 452 g/mol. The molecule has 0 aliphatic rings. The molecule has 142 valence electrons. The maximum absolute atomic E-state index is 5.07. The predicted octanol–water partition coefficient (Wildman–Crippen LogP) is 2.89. The summed E-state index contributed by atoms with van der Waals surface area (Å²) in [4.78, 5) is 7.13. The summed E-state index contributed by atoms with van der Waals surface area (Å²) in [6, 6.07) is 0.362. The summed E-state index contributed by atoms with van der Waals surface area (Å²) in [6.45, 7) is 19.2. The first-order chi connectivity index (χ1) is 11.1. The van der Waals surface area contributed by atoms with E-state index in [4.69, 9.17) is 9.73 Å². The second kappa shape index (κ2) is 17.2. The molecule has 0 aliphatic carbocycles. The van der Waals surface area contributed by atoms with E-state index >= 15 is 0 Å². The van der Waals surface area contributed by atoms with Crippen LogP contribution < -0.4 is 10.6 Å². The van der Waals surface area contributed by atoms with Crippen molar-refractivity contribution in [2.24, 2.45) is 10.9 Å². The van der Waals surface area contributed by atoms with Crippen molar-refractivity contribution < 1.29 is 4.74 Å². The molecule has 0 heterocycles. The van der Waals surface area contributed by atoms with Crippen molar-refractivity contribution in [3.63, 3.8) is 0 Å². The lowest BCUT2D eigenvalue weighted by Crippen LogP contribution is -2.43. The minimum absolute atomic E-state index is 0. The van der Waals surface area contributed by atoms with E-state index in [1.165, 1.54) is 0 Å². The van der Waals surface area contributed by atoms with E-state index in [1.54, 1.807) is 7.11 Å². The molecule has 0 saturated heterocycles. The van der Waals surface area contributed by atoms with Gasteiger partial charge in [-0.1, -0.05) is 26.0 Å². The molecule has 0 aliphatic heterocycles. The van der Waals surface area contributed by atoms with E-state index in [9.17, 15) is 0 Å². The van der Waals surface area contributed by atoms with Crippen molar-refractivity contribution >= 4 is 29.9 Å². The molecule has 5 nitrogen and oxygen atoms in total. The van der Waals surface area contributed by atoms with Crippen LogP contribution >= 0.6 is 24.0 Å². The van der Waals surface area contributed by atoms with Crippen LogP contribution in [0.2, 0.25) is 0 Å². The Morgan fingerprint density at radius 1 is 1.21 bits per heavy atom. The Morgan fingerprint density at radius 3 is 2.29 bits per heavy atom. The van der Waals surface area contributed by atoms with E-state index in [1.807, 2.05) is 12.2 Å². The maximum atomic E-state index is 5.07. The third-order valence-electron chi connectivity index (χ3n) is 3.56. The molecule has 0 spiro atoms. The van der Waals surface area contributed by atoms with Crippen LogP contribution in [0, 0.1) is 5.92 Å². The molecule has 0 rings (SSSR count). The molecule has 0 aromatic carbocycles. The Bertz CT molecular complexity index is 338. The number of hydrogen-bond acceptors (Lipinski definition) is 3. The highest BCUT2D eigenvalue weighted by molar-refractivity contribution is 14.0. The first kappa shape index (κ1) is 25.6. The summed E-state index contributed by atoms with van der Waals surface area (Å²) in [5.41, 5.74) is 0. The first-order valence-corrected chi connectivity index (χ1v) is 8.57. The minimum atomic E-state index is 0. The first-order valence-electron chi connectivity index (χ1n) is 8.57. The van der Waals surface area contributed by atoms with Crippen LogP contribution in [0.5, 0.6) is 0 Å². The largest absolute Gasteiger partial charge is 0.385 e. The molecule has 0 radical (unpaired) electrons. The topological polar surface area (TPSA) is 48.9 Å². The molecule has 0 bridgehead atoms. The highest BCUT2D eigenvalue weighted by atomic mass is 127. The fraction of sp³-hybridized carbons (Fsp3) is 0.722. The number of halogens is 1. The number of methoxy groups -OCH3 is 1. The fourth-order valence-electron chi connectivity index (χ4n) is 2.37. The highest BCUT2D eigenvalue weighted by Crippen LogP contribution is 2.11. The lowest BCUT2D eigenvalue weighted by atomic mass is 10.0. The Kier molecular flexibility index (Phi) is 18.4. The molecule has 0 saturated carbocycles. The van der Waals surface area contributed by atoms with Crippen molar-refractivity contribution in [3.8, 4) is 0 Å². The summed E-state index contributed by atoms with van der Waals surface area (Å²) >= 11 is 0. The van der Waals surface area contributed by atoms with Gasteiger partial charge in [0.2, 0.25) is 0 Å². The molecule has 0 fully saturated rings. The molecule has 0 aromatic rings. The second-order valence-electron chi connectivity index (χ2n) is 5.84. The van der Waals surface area contributed by atoms with Gasteiger partial charge in [0.1, 0.15) is 0 Å². The van der Waals surface area contributed by atoms with Crippen LogP contribution in [0.3, 0.4) is 0 Å². The SMILES string of the molecule is C=CCN(CC=C)C(CN=C(NCC)NCCCOC)C(C)C.I. The Labute approximate surface area is 166 Å². The Morgan fingerprint density at radius 2 is 1.83 bits per heavy atom. The molecule has 2 N–H and O–H groups in total. The van der Waals surface area contributed by atoms with Crippen LogP contribution in [0.15, 0.2) is 30.3 Å². The molecule has 0 aromatic heterocycles. The molecule has 24 heavy (non-hydrogen) atoms. The van der Waals surface area contributed by atoms with Crippen molar-refractivity contribution in [2.45, 2.75) is 33.2 Å². The average Bonchev–Trinajstić information content (AvgIpc) is 2.51. The van der Waals surface area contributed by atoms with Gasteiger partial charge in [-0.2, -0.15) is 0 Å². The van der Waals surface area contributed by atoms with Gasteiger partial charge in [0.15, 0.2) is 5.96 Å². The van der Waals surface area contributed by atoms with Crippen LogP contribution in [0.1, 0.15) is 27.2 Å². The summed E-state index contributed by atoms with van der Waals surface area (Å²) in [7, 11) is 1.72. The average molecular weight is 452 g/mol. The van der Waals surface area contributed by atoms with Gasteiger partial charge in [0, 0.05) is 45.9 Å². The molecular formula is C18H37IN4O. The van der Waals surface area contributed by atoms with E-state index < -0.39 is 0 Å². The number of guanidine groups is 1. The predicted molar refractivity (Wildman–Crippen MR) is 116 cm³/mol. The quantitative estimate of drug-likeness (QED) is 0.148. The summed E-state index contributed by atoms with van der Waals surface area (Å²) in [5.74, 6) is 1.38. The number of rotatable bonds is 13. The zero-order chi connectivity index (χ0) is 17.5. The van der Waals surface area contributed by atoms with Gasteiger partial charge >= 0.3 is 0 Å². The fourth-order valence-corrected chi connectivity index (χ4v) is 2.37. The Hall–Kier alpha value is -0.600. The van der Waals surface area contributed by atoms with Crippen LogP contribution in [0.25, 0.3) is 0 Å². The smallest absolute Gasteiger partial charge is 0.191 e. The van der Waals surface area contributed by atoms with Crippen LogP contribution in [0.4, 0.5) is 0 Å². The van der Waals surface area contributed by atoms with Gasteiger partial charge in [-0.3, -0.25) is 9.89 Å². The van der Waals surface area contributed by atoms with Crippen molar-refractivity contribution in [2.75, 3.05) is 46.4 Å². The number of aliphatic imine (C=N–C) groups is 1.